The van der Waals surface area contributed by atoms with Gasteiger partial charge in [-0.15, -0.1) is 0 Å². The molecule has 3 heterocycles. The molecular weight excluding hydrogens is 460 g/mol. The minimum atomic E-state index is -0.640. The molecule has 1 aromatic carbocycles. The summed E-state index contributed by atoms with van der Waals surface area (Å²) in [6, 6.07) is 1.70. The fourth-order valence-corrected chi connectivity index (χ4v) is 3.97. The quantitative estimate of drug-likeness (QED) is 0.343. The molecule has 0 spiro atoms. The van der Waals surface area contributed by atoms with Crippen LogP contribution in [0.2, 0.25) is 10.0 Å². The summed E-state index contributed by atoms with van der Waals surface area (Å²) in [6.45, 7) is 0. The highest BCUT2D eigenvalue weighted by atomic mass is 35.5. The van der Waals surface area contributed by atoms with Crippen molar-refractivity contribution in [2.45, 2.75) is 18.9 Å². The number of imidazole rings is 1. The number of nitrogen functional groups attached to an aromatic ring is 2. The minimum Gasteiger partial charge on any atom is -0.382 e. The highest BCUT2D eigenvalue weighted by Gasteiger charge is 2.37. The predicted octanol–water partition coefficient (Wildman–Crippen LogP) is 3.07. The second kappa shape index (κ2) is 7.61. The van der Waals surface area contributed by atoms with Crippen LogP contribution in [0.4, 0.5) is 22.0 Å². The summed E-state index contributed by atoms with van der Waals surface area (Å²) in [4.78, 5) is 33.1. The Morgan fingerprint density at radius 2 is 2.00 bits per heavy atom. The zero-order chi connectivity index (χ0) is 22.6. The van der Waals surface area contributed by atoms with Gasteiger partial charge in [0.15, 0.2) is 11.6 Å². The molecule has 1 fully saturated rings. The maximum Gasteiger partial charge on any atom is 0.267 e. The van der Waals surface area contributed by atoms with Gasteiger partial charge in [-0.3, -0.25) is 4.79 Å². The van der Waals surface area contributed by atoms with Gasteiger partial charge in [-0.2, -0.15) is 9.97 Å². The Labute approximate surface area is 189 Å². The molecule has 0 radical (unpaired) electrons. The first kappa shape index (κ1) is 20.5. The smallest absolute Gasteiger partial charge is 0.267 e. The largest absolute Gasteiger partial charge is 0.382 e. The van der Waals surface area contributed by atoms with Crippen LogP contribution < -0.4 is 22.3 Å². The average molecular weight is 476 g/mol. The summed E-state index contributed by atoms with van der Waals surface area (Å²) in [5.41, 5.74) is 11.2. The van der Waals surface area contributed by atoms with Gasteiger partial charge in [0.05, 0.1) is 28.3 Å². The Balaban J connectivity index is 1.76. The number of nitrogens with two attached hydrogens (primary N) is 2. The molecular formula is C19H16Cl2FN9O. The topological polar surface area (TPSA) is 153 Å². The maximum absolute atomic E-state index is 14.0. The van der Waals surface area contributed by atoms with E-state index in [2.05, 4.69) is 30.2 Å². The lowest BCUT2D eigenvalue weighted by Gasteiger charge is -2.23. The molecule has 4 aromatic rings. The summed E-state index contributed by atoms with van der Waals surface area (Å²) in [6.07, 6.45) is 4.71. The van der Waals surface area contributed by atoms with E-state index < -0.39 is 17.4 Å². The Morgan fingerprint density at radius 3 is 2.69 bits per heavy atom. The monoisotopic (exact) mass is 475 g/mol. The van der Waals surface area contributed by atoms with Crippen LogP contribution in [-0.2, 0) is 0 Å². The number of nitrogens with one attached hydrogen (secondary N) is 2. The van der Waals surface area contributed by atoms with E-state index in [1.807, 2.05) is 0 Å². The standard InChI is InChI=1S/C19H16Cl2FN9O/c20-10-4-8(22)3-9-14(10)28-17(31(18(9)32)11-5-25-6-26-11)13(7-1-2-7)27-16-12(21)15(23)29-19(24)30-16/h3-7,13H,1-2H2,(H,25,26)(H5,23,24,27,29,30)/t13-/m0/s1. The fourth-order valence-electron chi connectivity index (χ4n) is 3.58. The summed E-state index contributed by atoms with van der Waals surface area (Å²) in [5, 5.41) is 3.36. The van der Waals surface area contributed by atoms with Crippen molar-refractivity contribution in [3.8, 4) is 5.82 Å². The lowest BCUT2D eigenvalue weighted by atomic mass is 10.1. The minimum absolute atomic E-state index is 0.0193. The Morgan fingerprint density at radius 1 is 1.22 bits per heavy atom. The van der Waals surface area contributed by atoms with Gasteiger partial charge in [0.1, 0.15) is 22.5 Å². The molecule has 0 amide bonds. The van der Waals surface area contributed by atoms with Crippen LogP contribution in [0.3, 0.4) is 0 Å². The van der Waals surface area contributed by atoms with Crippen molar-refractivity contribution in [1.29, 1.82) is 0 Å². The van der Waals surface area contributed by atoms with E-state index in [0.717, 1.165) is 25.0 Å². The van der Waals surface area contributed by atoms with E-state index in [4.69, 9.17) is 34.7 Å². The third-order valence-electron chi connectivity index (χ3n) is 5.19. The van der Waals surface area contributed by atoms with Crippen molar-refractivity contribution in [1.82, 2.24) is 29.5 Å². The number of H-pyrrole nitrogens is 1. The van der Waals surface area contributed by atoms with E-state index >= 15 is 0 Å². The lowest BCUT2D eigenvalue weighted by molar-refractivity contribution is 0.605. The molecule has 0 unspecified atom stereocenters. The van der Waals surface area contributed by atoms with E-state index in [1.165, 1.54) is 17.1 Å². The Kier molecular flexibility index (Phi) is 4.86. The zero-order valence-electron chi connectivity index (χ0n) is 16.3. The fraction of sp³-hybridized carbons (Fsp3) is 0.211. The molecule has 3 aromatic heterocycles. The third-order valence-corrected chi connectivity index (χ3v) is 5.85. The highest BCUT2D eigenvalue weighted by molar-refractivity contribution is 6.35. The SMILES string of the molecule is Nc1nc(N)c(Cl)c(N[C@H](c2nc3c(Cl)cc(F)cc3c(=O)n2-c2c[nH]cn2)C2CC2)n1. The molecule has 0 aliphatic heterocycles. The van der Waals surface area contributed by atoms with E-state index in [1.54, 1.807) is 0 Å². The molecule has 5 rings (SSSR count). The second-order valence-electron chi connectivity index (χ2n) is 7.41. The van der Waals surface area contributed by atoms with Crippen LogP contribution in [0.5, 0.6) is 0 Å². The van der Waals surface area contributed by atoms with Crippen LogP contribution in [-0.4, -0.2) is 29.5 Å². The van der Waals surface area contributed by atoms with Gasteiger partial charge < -0.3 is 21.8 Å². The molecule has 13 heteroatoms. The zero-order valence-corrected chi connectivity index (χ0v) is 17.8. The first-order valence-corrected chi connectivity index (χ1v) is 10.3. The van der Waals surface area contributed by atoms with Gasteiger partial charge in [0.2, 0.25) is 5.95 Å². The molecule has 1 saturated carbocycles. The number of aromatic nitrogens is 6. The number of benzene rings is 1. The van der Waals surface area contributed by atoms with Crippen molar-refractivity contribution >= 4 is 51.7 Å². The van der Waals surface area contributed by atoms with Gasteiger partial charge in [0.25, 0.3) is 5.56 Å². The number of aromatic amines is 1. The summed E-state index contributed by atoms with van der Waals surface area (Å²) in [7, 11) is 0. The van der Waals surface area contributed by atoms with E-state index in [0.29, 0.717) is 11.6 Å². The molecule has 1 aliphatic rings. The van der Waals surface area contributed by atoms with Crippen LogP contribution in [0, 0.1) is 11.7 Å². The van der Waals surface area contributed by atoms with Gasteiger partial charge in [-0.1, -0.05) is 23.2 Å². The number of nitrogens with zero attached hydrogens (tertiary/aromatic N) is 5. The van der Waals surface area contributed by atoms with Crippen LogP contribution >= 0.6 is 23.2 Å². The first-order valence-electron chi connectivity index (χ1n) is 9.59. The lowest BCUT2D eigenvalue weighted by Crippen LogP contribution is -2.30. The number of halogens is 3. The molecule has 164 valence electrons. The number of anilines is 3. The van der Waals surface area contributed by atoms with Crippen LogP contribution in [0.25, 0.3) is 16.7 Å². The highest BCUT2D eigenvalue weighted by Crippen LogP contribution is 2.44. The summed E-state index contributed by atoms with van der Waals surface area (Å²) >= 11 is 12.5. The van der Waals surface area contributed by atoms with Gasteiger partial charge in [-0.05, 0) is 30.9 Å². The first-order chi connectivity index (χ1) is 15.3. The Bertz CT molecular complexity index is 1400. The molecule has 1 atom stereocenters. The maximum atomic E-state index is 14.0. The van der Waals surface area contributed by atoms with Crippen molar-refractivity contribution in [2.75, 3.05) is 16.8 Å². The molecule has 6 N–H and O–H groups in total. The third kappa shape index (κ3) is 3.49. The van der Waals surface area contributed by atoms with Gasteiger partial charge in [0, 0.05) is 6.20 Å². The van der Waals surface area contributed by atoms with Gasteiger partial charge in [-0.25, -0.2) is 18.9 Å². The number of hydrogen-bond acceptors (Lipinski definition) is 8. The summed E-state index contributed by atoms with van der Waals surface area (Å²) in [5.74, 6) is 0.249. The van der Waals surface area contributed by atoms with E-state index in [-0.39, 0.29) is 44.5 Å². The van der Waals surface area contributed by atoms with Crippen molar-refractivity contribution in [3.05, 3.63) is 56.7 Å². The molecule has 1 aliphatic carbocycles. The molecule has 0 bridgehead atoms. The average Bonchev–Trinajstić information content (AvgIpc) is 3.44. The van der Waals surface area contributed by atoms with E-state index in [9.17, 15) is 9.18 Å². The summed E-state index contributed by atoms with van der Waals surface area (Å²) < 4.78 is 15.3. The van der Waals surface area contributed by atoms with Crippen molar-refractivity contribution < 1.29 is 4.39 Å². The van der Waals surface area contributed by atoms with Crippen molar-refractivity contribution in [3.63, 3.8) is 0 Å². The number of rotatable bonds is 5. The molecule has 32 heavy (non-hydrogen) atoms. The molecule has 0 saturated heterocycles. The second-order valence-corrected chi connectivity index (χ2v) is 8.20. The number of hydrogen-bond donors (Lipinski definition) is 4. The van der Waals surface area contributed by atoms with Gasteiger partial charge >= 0.3 is 0 Å². The molecule has 10 nitrogen and oxygen atoms in total. The van der Waals surface area contributed by atoms with Crippen molar-refractivity contribution in [2.24, 2.45) is 5.92 Å². The van der Waals surface area contributed by atoms with Crippen LogP contribution in [0.15, 0.2) is 29.5 Å². The van der Waals surface area contributed by atoms with Crippen LogP contribution in [0.1, 0.15) is 24.7 Å². The normalized spacial score (nSPS) is 14.6. The predicted molar refractivity (Wildman–Crippen MR) is 119 cm³/mol. The number of fused-ring (bicyclic) bond motifs is 1. The Hall–Kier alpha value is -3.44.